The van der Waals surface area contributed by atoms with Crippen molar-refractivity contribution in [3.05, 3.63) is 77.6 Å². The summed E-state index contributed by atoms with van der Waals surface area (Å²) in [6.45, 7) is 2.61. The van der Waals surface area contributed by atoms with E-state index < -0.39 is 0 Å². The number of hydrogen-bond acceptors (Lipinski definition) is 3. The van der Waals surface area contributed by atoms with Crippen molar-refractivity contribution in [2.45, 2.75) is 26.1 Å². The molecule has 138 valence electrons. The number of hydrogen-bond donors (Lipinski definition) is 0. The zero-order valence-corrected chi connectivity index (χ0v) is 14.6. The summed E-state index contributed by atoms with van der Waals surface area (Å²) >= 11 is 0. The molecule has 7 heteroatoms. The van der Waals surface area contributed by atoms with Crippen LogP contribution in [-0.4, -0.2) is 21.7 Å². The zero-order chi connectivity index (χ0) is 19.0. The van der Waals surface area contributed by atoms with Crippen LogP contribution in [0.4, 0.5) is 14.5 Å². The Bertz CT molecular complexity index is 968. The van der Waals surface area contributed by atoms with Crippen LogP contribution in [0.3, 0.4) is 0 Å². The van der Waals surface area contributed by atoms with E-state index in [1.165, 1.54) is 36.4 Å². The van der Waals surface area contributed by atoms with Crippen LogP contribution in [0.25, 0.3) is 0 Å². The van der Waals surface area contributed by atoms with Gasteiger partial charge in [-0.05, 0) is 61.5 Å². The van der Waals surface area contributed by atoms with E-state index in [4.69, 9.17) is 4.74 Å². The number of ether oxygens (including phenoxy) is 1. The van der Waals surface area contributed by atoms with Crippen molar-refractivity contribution >= 4 is 11.6 Å². The minimum absolute atomic E-state index is 0.124. The Kier molecular flexibility index (Phi) is 4.35. The third kappa shape index (κ3) is 3.40. The number of rotatable bonds is 4. The first-order chi connectivity index (χ1) is 13.0. The molecule has 0 radical (unpaired) electrons. The standard InChI is InChI=1S/C20H17F2N3O2/c1-13-11-24-19(20(26)25(13)17-6-2-14(21)3-7-17)10-16(23-24)12-27-18-8-4-15(22)5-9-18/h2-10,13H,11-12H2,1H3/t13-/m1/s1. The molecule has 0 aliphatic carbocycles. The number of nitrogens with zero attached hydrogens (tertiary/aromatic N) is 3. The van der Waals surface area contributed by atoms with Gasteiger partial charge in [-0.3, -0.25) is 9.48 Å². The Morgan fingerprint density at radius 1 is 1.07 bits per heavy atom. The van der Waals surface area contributed by atoms with E-state index in [0.717, 1.165) is 0 Å². The highest BCUT2D eigenvalue weighted by Crippen LogP contribution is 2.26. The molecule has 0 saturated heterocycles. The number of anilines is 1. The van der Waals surface area contributed by atoms with Gasteiger partial charge in [0.1, 0.15) is 35.4 Å². The van der Waals surface area contributed by atoms with Crippen molar-refractivity contribution in [1.82, 2.24) is 9.78 Å². The zero-order valence-electron chi connectivity index (χ0n) is 14.6. The van der Waals surface area contributed by atoms with Gasteiger partial charge in [-0.15, -0.1) is 0 Å². The largest absolute Gasteiger partial charge is 0.487 e. The molecule has 0 spiro atoms. The number of carbonyl (C=O) groups excluding carboxylic acids is 1. The lowest BCUT2D eigenvalue weighted by Crippen LogP contribution is -2.46. The fourth-order valence-electron chi connectivity index (χ4n) is 3.17. The van der Waals surface area contributed by atoms with Crippen LogP contribution in [0.5, 0.6) is 5.75 Å². The monoisotopic (exact) mass is 369 g/mol. The van der Waals surface area contributed by atoms with E-state index in [1.54, 1.807) is 27.8 Å². The highest BCUT2D eigenvalue weighted by Gasteiger charge is 2.32. The van der Waals surface area contributed by atoms with Crippen LogP contribution in [0, 0.1) is 11.6 Å². The number of aromatic nitrogens is 2. The van der Waals surface area contributed by atoms with Gasteiger partial charge in [0.15, 0.2) is 0 Å². The van der Waals surface area contributed by atoms with E-state index in [1.807, 2.05) is 6.92 Å². The Hall–Kier alpha value is -3.22. The molecule has 0 fully saturated rings. The van der Waals surface area contributed by atoms with E-state index in [0.29, 0.717) is 29.4 Å². The van der Waals surface area contributed by atoms with Gasteiger partial charge in [-0.1, -0.05) is 0 Å². The molecule has 1 atom stereocenters. The van der Waals surface area contributed by atoms with E-state index in [2.05, 4.69) is 5.10 Å². The van der Waals surface area contributed by atoms with Gasteiger partial charge in [0.25, 0.3) is 5.91 Å². The summed E-state index contributed by atoms with van der Waals surface area (Å²) in [4.78, 5) is 14.6. The third-order valence-electron chi connectivity index (χ3n) is 4.45. The van der Waals surface area contributed by atoms with Gasteiger partial charge in [-0.25, -0.2) is 8.78 Å². The number of fused-ring (bicyclic) bond motifs is 1. The lowest BCUT2D eigenvalue weighted by Gasteiger charge is -2.33. The minimum Gasteiger partial charge on any atom is -0.487 e. The van der Waals surface area contributed by atoms with E-state index in [9.17, 15) is 13.6 Å². The van der Waals surface area contributed by atoms with Gasteiger partial charge in [0.05, 0.1) is 12.6 Å². The van der Waals surface area contributed by atoms with E-state index >= 15 is 0 Å². The van der Waals surface area contributed by atoms with Crippen molar-refractivity contribution in [3.63, 3.8) is 0 Å². The number of halogens is 2. The molecule has 1 aliphatic heterocycles. The number of benzene rings is 2. The fraction of sp³-hybridized carbons (Fsp3) is 0.200. The molecule has 1 aliphatic rings. The molecule has 2 aromatic carbocycles. The summed E-state index contributed by atoms with van der Waals surface area (Å²) in [5, 5.41) is 4.44. The smallest absolute Gasteiger partial charge is 0.276 e. The molecule has 0 unspecified atom stereocenters. The summed E-state index contributed by atoms with van der Waals surface area (Å²) in [6, 6.07) is 13.1. The molecular weight excluding hydrogens is 352 g/mol. The van der Waals surface area contributed by atoms with Crippen LogP contribution < -0.4 is 9.64 Å². The second kappa shape index (κ2) is 6.83. The maximum atomic E-state index is 13.2. The lowest BCUT2D eigenvalue weighted by atomic mass is 10.1. The normalized spacial score (nSPS) is 16.3. The molecule has 1 aromatic heterocycles. The molecule has 27 heavy (non-hydrogen) atoms. The quantitative estimate of drug-likeness (QED) is 0.703. The van der Waals surface area contributed by atoms with Crippen LogP contribution in [0.2, 0.25) is 0 Å². The molecule has 0 saturated carbocycles. The molecule has 0 N–H and O–H groups in total. The third-order valence-corrected chi connectivity index (χ3v) is 4.45. The van der Waals surface area contributed by atoms with Crippen LogP contribution >= 0.6 is 0 Å². The van der Waals surface area contributed by atoms with Crippen molar-refractivity contribution in [2.75, 3.05) is 4.90 Å². The summed E-state index contributed by atoms with van der Waals surface area (Å²) in [7, 11) is 0. The molecule has 1 amide bonds. The molecule has 2 heterocycles. The summed E-state index contributed by atoms with van der Waals surface area (Å²) in [5.41, 5.74) is 1.71. The number of carbonyl (C=O) groups is 1. The summed E-state index contributed by atoms with van der Waals surface area (Å²) < 4.78 is 33.4. The fourth-order valence-corrected chi connectivity index (χ4v) is 3.17. The van der Waals surface area contributed by atoms with Crippen molar-refractivity contribution < 1.29 is 18.3 Å². The number of amides is 1. The van der Waals surface area contributed by atoms with Crippen molar-refractivity contribution in [2.24, 2.45) is 0 Å². The molecular formula is C20H17F2N3O2. The van der Waals surface area contributed by atoms with Crippen LogP contribution in [-0.2, 0) is 13.2 Å². The average Bonchev–Trinajstić information content (AvgIpc) is 3.06. The predicted octanol–water partition coefficient (Wildman–Crippen LogP) is 3.79. The van der Waals surface area contributed by atoms with Gasteiger partial charge < -0.3 is 9.64 Å². The maximum absolute atomic E-state index is 13.2. The van der Waals surface area contributed by atoms with Gasteiger partial charge >= 0.3 is 0 Å². The first-order valence-electron chi connectivity index (χ1n) is 8.55. The first-order valence-corrected chi connectivity index (χ1v) is 8.55. The maximum Gasteiger partial charge on any atom is 0.276 e. The Labute approximate surface area is 154 Å². The Morgan fingerprint density at radius 2 is 1.70 bits per heavy atom. The highest BCUT2D eigenvalue weighted by molar-refractivity contribution is 6.06. The first kappa shape index (κ1) is 17.2. The molecule has 4 rings (SSSR count). The van der Waals surface area contributed by atoms with Gasteiger partial charge in [0.2, 0.25) is 0 Å². The second-order valence-corrected chi connectivity index (χ2v) is 6.45. The highest BCUT2D eigenvalue weighted by atomic mass is 19.1. The average molecular weight is 369 g/mol. The summed E-state index contributed by atoms with van der Waals surface area (Å²) in [5.74, 6) is -0.350. The topological polar surface area (TPSA) is 47.4 Å². The minimum atomic E-state index is -0.346. The van der Waals surface area contributed by atoms with E-state index in [-0.39, 0.29) is 30.2 Å². The second-order valence-electron chi connectivity index (χ2n) is 6.45. The van der Waals surface area contributed by atoms with Crippen LogP contribution in [0.15, 0.2) is 54.6 Å². The van der Waals surface area contributed by atoms with Crippen molar-refractivity contribution in [1.29, 1.82) is 0 Å². The molecule has 0 bridgehead atoms. The van der Waals surface area contributed by atoms with Gasteiger partial charge in [0, 0.05) is 5.69 Å². The Balaban J connectivity index is 1.54. The molecule has 5 nitrogen and oxygen atoms in total. The molecule has 3 aromatic rings. The van der Waals surface area contributed by atoms with Gasteiger partial charge in [-0.2, -0.15) is 5.10 Å². The summed E-state index contributed by atoms with van der Waals surface area (Å²) in [6.07, 6.45) is 0. The lowest BCUT2D eigenvalue weighted by molar-refractivity contribution is 0.0947. The van der Waals surface area contributed by atoms with Crippen molar-refractivity contribution in [3.8, 4) is 5.75 Å². The van der Waals surface area contributed by atoms with Crippen LogP contribution in [0.1, 0.15) is 23.1 Å². The predicted molar refractivity (Wildman–Crippen MR) is 95.6 cm³/mol. The SMILES string of the molecule is C[C@@H]1Cn2nc(COc3ccc(F)cc3)cc2C(=O)N1c1ccc(F)cc1. The Morgan fingerprint density at radius 3 is 2.37 bits per heavy atom.